The highest BCUT2D eigenvalue weighted by atomic mass is 14.4. The molecule has 3 unspecified atom stereocenters. The van der Waals surface area contributed by atoms with E-state index < -0.39 is 0 Å². The van der Waals surface area contributed by atoms with Crippen LogP contribution in [0.25, 0.3) is 0 Å². The zero-order chi connectivity index (χ0) is 9.38. The van der Waals surface area contributed by atoms with Crippen LogP contribution in [0.2, 0.25) is 0 Å². The zero-order valence-corrected chi connectivity index (χ0v) is 8.97. The number of hydrogen-bond acceptors (Lipinski definition) is 0. The topological polar surface area (TPSA) is 0 Å². The highest BCUT2D eigenvalue weighted by Gasteiger charge is 2.36. The van der Waals surface area contributed by atoms with Crippen LogP contribution in [-0.4, -0.2) is 0 Å². The lowest BCUT2D eigenvalue weighted by Crippen LogP contribution is -2.32. The molecule has 2 fully saturated rings. The van der Waals surface area contributed by atoms with E-state index >= 15 is 0 Å². The van der Waals surface area contributed by atoms with E-state index in [1.54, 1.807) is 5.57 Å². The molecule has 0 aliphatic heterocycles. The molecule has 0 heterocycles. The number of hydrogen-bond donors (Lipinski definition) is 0. The van der Waals surface area contributed by atoms with Gasteiger partial charge in [-0.05, 0) is 49.9 Å². The van der Waals surface area contributed by atoms with Gasteiger partial charge in [-0.25, -0.2) is 0 Å². The first-order valence-electron chi connectivity index (χ1n) is 6.39. The number of allylic oxidation sites excluding steroid dienone is 2. The third kappa shape index (κ3) is 1.43. The Bertz CT molecular complexity index is 238. The van der Waals surface area contributed by atoms with Crippen LogP contribution in [0, 0.1) is 24.2 Å². The van der Waals surface area contributed by atoms with E-state index in [9.17, 15) is 0 Å². The number of fused-ring (bicyclic) bond motifs is 3. The van der Waals surface area contributed by atoms with Crippen molar-refractivity contribution in [3.8, 4) is 0 Å². The normalized spacial score (nSPS) is 42.3. The average molecular weight is 188 g/mol. The lowest BCUT2D eigenvalue weighted by Gasteiger charge is -2.43. The second-order valence-electron chi connectivity index (χ2n) is 5.28. The van der Waals surface area contributed by atoms with Gasteiger partial charge in [0.15, 0.2) is 0 Å². The Balaban J connectivity index is 1.82. The van der Waals surface area contributed by atoms with Crippen LogP contribution in [0.1, 0.15) is 51.4 Å². The molecule has 0 aromatic rings. The van der Waals surface area contributed by atoms with Gasteiger partial charge < -0.3 is 0 Å². The summed E-state index contributed by atoms with van der Waals surface area (Å²) in [6.07, 6.45) is 17.6. The summed E-state index contributed by atoms with van der Waals surface area (Å²) in [5.74, 6) is 3.00. The summed E-state index contributed by atoms with van der Waals surface area (Å²) < 4.78 is 0. The van der Waals surface area contributed by atoms with Gasteiger partial charge in [0.2, 0.25) is 0 Å². The quantitative estimate of drug-likeness (QED) is 0.539. The van der Waals surface area contributed by atoms with E-state index in [0.717, 1.165) is 17.8 Å². The summed E-state index contributed by atoms with van der Waals surface area (Å²) >= 11 is 0. The minimum absolute atomic E-state index is 0.919. The van der Waals surface area contributed by atoms with Crippen LogP contribution in [0.15, 0.2) is 11.6 Å². The van der Waals surface area contributed by atoms with Crippen molar-refractivity contribution >= 4 is 0 Å². The van der Waals surface area contributed by atoms with Crippen molar-refractivity contribution in [2.24, 2.45) is 17.8 Å². The van der Waals surface area contributed by atoms with E-state index in [-0.39, 0.29) is 0 Å². The molecule has 0 saturated heterocycles. The van der Waals surface area contributed by atoms with Gasteiger partial charge in [-0.1, -0.05) is 30.9 Å². The molecule has 3 rings (SSSR count). The van der Waals surface area contributed by atoms with Gasteiger partial charge in [0.05, 0.1) is 0 Å². The maximum atomic E-state index is 3.62. The maximum absolute atomic E-state index is 3.62. The third-order valence-electron chi connectivity index (χ3n) is 4.55. The Labute approximate surface area is 87.8 Å². The Morgan fingerprint density at radius 1 is 1.07 bits per heavy atom. The molecule has 0 amide bonds. The van der Waals surface area contributed by atoms with Crippen LogP contribution in [-0.2, 0) is 0 Å². The summed E-state index contributed by atoms with van der Waals surface area (Å²) in [4.78, 5) is 0. The lowest BCUT2D eigenvalue weighted by atomic mass is 9.62. The molecule has 3 atom stereocenters. The summed E-state index contributed by atoms with van der Waals surface area (Å²) in [5.41, 5.74) is 1.61. The predicted molar refractivity (Wildman–Crippen MR) is 58.7 cm³/mol. The summed E-state index contributed by atoms with van der Waals surface area (Å²) in [6, 6.07) is 0. The van der Waals surface area contributed by atoms with Crippen molar-refractivity contribution in [2.45, 2.75) is 51.4 Å². The summed E-state index contributed by atoms with van der Waals surface area (Å²) in [5, 5.41) is 0. The van der Waals surface area contributed by atoms with Gasteiger partial charge in [-0.3, -0.25) is 0 Å². The molecule has 3 aliphatic rings. The van der Waals surface area contributed by atoms with Crippen LogP contribution in [0.4, 0.5) is 0 Å². The van der Waals surface area contributed by atoms with Crippen molar-refractivity contribution in [1.29, 1.82) is 0 Å². The second-order valence-corrected chi connectivity index (χ2v) is 5.28. The third-order valence-corrected chi connectivity index (χ3v) is 4.55. The Morgan fingerprint density at radius 3 is 3.00 bits per heavy atom. The van der Waals surface area contributed by atoms with E-state index in [2.05, 4.69) is 12.5 Å². The molecular formula is C14H20. The van der Waals surface area contributed by atoms with Crippen molar-refractivity contribution in [1.82, 2.24) is 0 Å². The fourth-order valence-electron chi connectivity index (χ4n) is 3.85. The summed E-state index contributed by atoms with van der Waals surface area (Å²) in [6.45, 7) is 0. The molecule has 3 aliphatic carbocycles. The molecule has 0 bridgehead atoms. The van der Waals surface area contributed by atoms with Crippen molar-refractivity contribution in [3.05, 3.63) is 18.1 Å². The Morgan fingerprint density at radius 2 is 2.00 bits per heavy atom. The first-order valence-corrected chi connectivity index (χ1v) is 6.39. The molecule has 0 aromatic heterocycles. The highest BCUT2D eigenvalue weighted by molar-refractivity contribution is 5.23. The van der Waals surface area contributed by atoms with Gasteiger partial charge in [0.1, 0.15) is 0 Å². The van der Waals surface area contributed by atoms with E-state index in [1.165, 1.54) is 51.4 Å². The molecule has 2 saturated carbocycles. The Kier molecular flexibility index (Phi) is 2.39. The molecule has 76 valence electrons. The molecule has 0 N–H and O–H groups in total. The van der Waals surface area contributed by atoms with E-state index in [0.29, 0.717) is 0 Å². The van der Waals surface area contributed by atoms with Gasteiger partial charge in [-0.2, -0.15) is 0 Å². The van der Waals surface area contributed by atoms with Crippen molar-refractivity contribution in [3.63, 3.8) is 0 Å². The van der Waals surface area contributed by atoms with Crippen LogP contribution in [0.5, 0.6) is 0 Å². The average Bonchev–Trinajstić information content (AvgIpc) is 2.29. The molecule has 0 aromatic carbocycles. The molecular weight excluding hydrogens is 168 g/mol. The van der Waals surface area contributed by atoms with Gasteiger partial charge in [0.25, 0.3) is 0 Å². The van der Waals surface area contributed by atoms with Crippen LogP contribution < -0.4 is 0 Å². The maximum Gasteiger partial charge on any atom is 0.0120 e. The Hall–Kier alpha value is -0.260. The highest BCUT2D eigenvalue weighted by Crippen LogP contribution is 2.48. The SMILES string of the molecule is [C]1CCCC2C1=CCC1CCCCC12. The van der Waals surface area contributed by atoms with Gasteiger partial charge in [-0.15, -0.1) is 0 Å². The first-order chi connectivity index (χ1) is 6.95. The van der Waals surface area contributed by atoms with Gasteiger partial charge in [0, 0.05) is 6.42 Å². The van der Waals surface area contributed by atoms with Crippen molar-refractivity contribution in [2.75, 3.05) is 0 Å². The minimum atomic E-state index is 0.919. The fraction of sp³-hybridized carbons (Fsp3) is 0.786. The van der Waals surface area contributed by atoms with Crippen molar-refractivity contribution < 1.29 is 0 Å². The monoisotopic (exact) mass is 188 g/mol. The van der Waals surface area contributed by atoms with Crippen LogP contribution >= 0.6 is 0 Å². The summed E-state index contributed by atoms with van der Waals surface area (Å²) in [7, 11) is 0. The van der Waals surface area contributed by atoms with Crippen LogP contribution in [0.3, 0.4) is 0 Å². The standard InChI is InChI=1S/C14H20/c1-3-7-13-11(5-1)9-10-12-6-2-4-8-14(12)13/h10-11,13-14H,1-5,7-9H2. The fourth-order valence-corrected chi connectivity index (χ4v) is 3.85. The second kappa shape index (κ2) is 3.72. The predicted octanol–water partition coefficient (Wildman–Crippen LogP) is 4.00. The smallest absolute Gasteiger partial charge is 0.0120 e. The molecule has 2 radical (unpaired) electrons. The first kappa shape index (κ1) is 9.00. The molecule has 14 heavy (non-hydrogen) atoms. The minimum Gasteiger partial charge on any atom is -0.0841 e. The number of rotatable bonds is 0. The largest absolute Gasteiger partial charge is 0.0841 e. The lowest BCUT2D eigenvalue weighted by molar-refractivity contribution is 0.155. The molecule has 0 heteroatoms. The molecule has 0 spiro atoms. The zero-order valence-electron chi connectivity index (χ0n) is 8.97. The van der Waals surface area contributed by atoms with E-state index in [4.69, 9.17) is 0 Å². The van der Waals surface area contributed by atoms with E-state index in [1.807, 2.05) is 0 Å². The molecule has 0 nitrogen and oxygen atoms in total. The van der Waals surface area contributed by atoms with Gasteiger partial charge >= 0.3 is 0 Å².